The first-order chi connectivity index (χ1) is 37.3. The van der Waals surface area contributed by atoms with Gasteiger partial charge in [-0.1, -0.05) is 240 Å². The third-order valence-corrected chi connectivity index (χ3v) is 19.3. The molecule has 2 N–H and O–H groups in total. The molecule has 0 radical (unpaired) electrons. The van der Waals surface area contributed by atoms with Crippen molar-refractivity contribution in [2.75, 3.05) is 0 Å². The average Bonchev–Trinajstić information content (AvgIpc) is 4.24. The van der Waals surface area contributed by atoms with Crippen LogP contribution in [0.4, 0.5) is 0 Å². The minimum atomic E-state index is -3.69. The van der Waals surface area contributed by atoms with Gasteiger partial charge in [-0.3, -0.25) is 0 Å². The largest absolute Gasteiger partial charge is 0.354 e. The first kappa shape index (κ1) is 56.2. The minimum Gasteiger partial charge on any atom is -0.354 e. The van der Waals surface area contributed by atoms with Gasteiger partial charge in [0.15, 0.2) is 7.14 Å². The van der Waals surface area contributed by atoms with Gasteiger partial charge < -0.3 is 14.5 Å². The van der Waals surface area contributed by atoms with E-state index in [9.17, 15) is 0 Å². The van der Waals surface area contributed by atoms with Crippen LogP contribution in [-0.2, 0) is 37.1 Å². The van der Waals surface area contributed by atoms with Gasteiger partial charge in [-0.2, -0.15) is 0 Å². The van der Waals surface area contributed by atoms with Crippen molar-refractivity contribution in [1.82, 2.24) is 19.9 Å². The van der Waals surface area contributed by atoms with Crippen molar-refractivity contribution in [3.05, 3.63) is 196 Å². The number of nitrogens with one attached hydrogen (secondary N) is 2. The van der Waals surface area contributed by atoms with Gasteiger partial charge in [0, 0.05) is 43.8 Å². The first-order valence-corrected chi connectivity index (χ1v) is 30.4. The predicted molar refractivity (Wildman–Crippen MR) is 347 cm³/mol. The van der Waals surface area contributed by atoms with Crippen molar-refractivity contribution in [2.24, 2.45) is 0 Å². The van der Waals surface area contributed by atoms with E-state index in [0.29, 0.717) is 11.0 Å². The topological polar surface area (TPSA) is 74.4 Å². The molecular weight excluding hydrogens is 992 g/mol. The maximum atomic E-state index is 17.2. The lowest BCUT2D eigenvalue weighted by molar-refractivity contribution is 0.568. The van der Waals surface area contributed by atoms with Gasteiger partial charge in [-0.15, -0.1) is 0 Å². The van der Waals surface area contributed by atoms with Crippen molar-refractivity contribution in [3.8, 4) is 33.4 Å². The van der Waals surface area contributed by atoms with Crippen LogP contribution in [-0.4, -0.2) is 19.9 Å². The molecule has 410 valence electrons. The van der Waals surface area contributed by atoms with Crippen molar-refractivity contribution in [2.45, 2.75) is 157 Å². The zero-order valence-electron chi connectivity index (χ0n) is 50.8. The highest BCUT2D eigenvalue weighted by molar-refractivity contribution is 7.85. The van der Waals surface area contributed by atoms with Crippen LogP contribution in [0, 0.1) is 0 Å². The average molecular weight is 1080 g/mol. The minimum absolute atomic E-state index is 0.124. The molecule has 2 aliphatic heterocycles. The van der Waals surface area contributed by atoms with Crippen molar-refractivity contribution in [1.29, 1.82) is 0 Å². The summed E-state index contributed by atoms with van der Waals surface area (Å²) in [6.07, 6.45) is 8.63. The second-order valence-corrected chi connectivity index (χ2v) is 31.4. The van der Waals surface area contributed by atoms with Crippen LogP contribution >= 0.6 is 7.14 Å². The Kier molecular flexibility index (Phi) is 14.0. The summed E-state index contributed by atoms with van der Waals surface area (Å²) in [6, 6.07) is 50.0. The molecule has 5 aromatic carbocycles. The van der Waals surface area contributed by atoms with Crippen LogP contribution in [0.15, 0.2) is 140 Å². The summed E-state index contributed by atoms with van der Waals surface area (Å²) < 4.78 is 17.2. The third kappa shape index (κ3) is 10.8. The molecule has 8 bridgehead atoms. The fourth-order valence-electron chi connectivity index (χ4n) is 11.0. The lowest BCUT2D eigenvalue weighted by atomic mass is 9.78. The monoisotopic (exact) mass is 1070 g/mol. The number of benzene rings is 5. The molecule has 80 heavy (non-hydrogen) atoms. The molecule has 0 amide bonds. The molecule has 0 aliphatic carbocycles. The van der Waals surface area contributed by atoms with Crippen molar-refractivity contribution in [3.63, 3.8) is 0 Å². The van der Waals surface area contributed by atoms with Crippen molar-refractivity contribution >= 4 is 69.4 Å². The second-order valence-electron chi connectivity index (χ2n) is 28.7. The van der Waals surface area contributed by atoms with E-state index in [-0.39, 0.29) is 32.5 Å². The molecule has 6 heteroatoms. The van der Waals surface area contributed by atoms with E-state index in [0.717, 1.165) is 83.1 Å². The Morgan fingerprint density at radius 2 is 0.562 bits per heavy atom. The Labute approximate surface area is 477 Å². The molecule has 10 rings (SSSR count). The van der Waals surface area contributed by atoms with Gasteiger partial charge >= 0.3 is 0 Å². The Morgan fingerprint density at radius 3 is 0.850 bits per heavy atom. The summed E-state index contributed by atoms with van der Waals surface area (Å²) >= 11 is 0. The van der Waals surface area contributed by atoms with E-state index in [1.54, 1.807) is 0 Å². The normalized spacial score (nSPS) is 13.6. The van der Waals surface area contributed by atoms with E-state index < -0.39 is 7.14 Å². The molecule has 5 nitrogen and oxygen atoms in total. The molecule has 0 spiro atoms. The van der Waals surface area contributed by atoms with Gasteiger partial charge in [0.25, 0.3) is 0 Å². The summed E-state index contributed by atoms with van der Waals surface area (Å²) in [5.74, 6) is 0. The smallest absolute Gasteiger partial charge is 0.175 e. The maximum absolute atomic E-state index is 17.2. The summed E-state index contributed by atoms with van der Waals surface area (Å²) in [6.45, 7) is 41.3. The standard InChI is InChI=1S/C74H83N4OP/c1-69(2,3)49-37-46(38-50(43-49)70(4,5)6)65-57-29-31-59(75-57)66(47-39-51(71(7,8)9)44-52(40-47)72(10,11)12)61-33-35-63(77-61)68(80(79,55-25-21-19-22-26-55)56-27-23-20-24-28-56)64-36-34-62(78-64)67(60-32-30-58(65)76-60)48-41-53(73(13,14)15)45-54(42-48)74(16,17)18/h19-45,75,78H,1-18H3. The summed E-state index contributed by atoms with van der Waals surface area (Å²) in [7, 11) is -3.69. The van der Waals surface area contributed by atoms with E-state index in [1.807, 2.05) is 60.7 Å². The highest BCUT2D eigenvalue weighted by atomic mass is 31.2. The number of fused-ring (bicyclic) bond motifs is 8. The number of aromatic amines is 2. The highest BCUT2D eigenvalue weighted by Crippen LogP contribution is 2.47. The number of H-pyrrole nitrogens is 2. The molecule has 0 saturated heterocycles. The SMILES string of the molecule is CC(C)(C)c1cc(-c2c3nc(c(-c4cc(C(C)(C)C)cc(C(C)(C)C)c4)c4ccc([nH]4)c(P(=O)(c4ccccc4)c4ccccc4)c4nc(c(-c5cc(C(C)(C)C)cc(C(C)(C)C)c5)c5ccc2[nH]5)C=C4)C=C3)cc(C(C)(C)C)c1. The summed E-state index contributed by atoms with van der Waals surface area (Å²) in [5, 5.41) is 2.10. The molecule has 0 fully saturated rings. The molecule has 0 atom stereocenters. The molecule has 0 saturated carbocycles. The molecular formula is C74H83N4OP. The van der Waals surface area contributed by atoms with E-state index in [4.69, 9.17) is 9.97 Å². The van der Waals surface area contributed by atoms with Crippen LogP contribution in [0.3, 0.4) is 0 Å². The molecule has 3 aromatic heterocycles. The highest BCUT2D eigenvalue weighted by Gasteiger charge is 2.35. The lowest BCUT2D eigenvalue weighted by Gasteiger charge is -2.26. The molecule has 8 aromatic rings. The first-order valence-electron chi connectivity index (χ1n) is 28.7. The Hall–Kier alpha value is -7.07. The third-order valence-electron chi connectivity index (χ3n) is 16.1. The molecule has 5 heterocycles. The Bertz CT molecular complexity index is 3790. The second kappa shape index (κ2) is 19.9. The molecule has 2 aliphatic rings. The van der Waals surface area contributed by atoms with Crippen molar-refractivity contribution < 1.29 is 4.57 Å². The van der Waals surface area contributed by atoms with Crippen LogP contribution < -0.4 is 15.9 Å². The number of hydrogen-bond acceptors (Lipinski definition) is 3. The zero-order chi connectivity index (χ0) is 57.7. The van der Waals surface area contributed by atoms with E-state index >= 15 is 4.57 Å². The zero-order valence-corrected chi connectivity index (χ0v) is 51.7. The number of rotatable bonds is 6. The number of aromatic nitrogens is 4. The summed E-state index contributed by atoms with van der Waals surface area (Å²) in [5.41, 5.74) is 19.5. The van der Waals surface area contributed by atoms with Gasteiger partial charge in [0.1, 0.15) is 0 Å². The Morgan fingerprint density at radius 1 is 0.312 bits per heavy atom. The van der Waals surface area contributed by atoms with Crippen LogP contribution in [0.5, 0.6) is 0 Å². The van der Waals surface area contributed by atoms with Crippen LogP contribution in [0.1, 0.15) is 181 Å². The van der Waals surface area contributed by atoms with Crippen LogP contribution in [0.25, 0.3) is 79.8 Å². The van der Waals surface area contributed by atoms with Gasteiger partial charge in [-0.25, -0.2) is 9.97 Å². The lowest BCUT2D eigenvalue weighted by Crippen LogP contribution is -2.27. The van der Waals surface area contributed by atoms with Gasteiger partial charge in [0.2, 0.25) is 0 Å². The fraction of sp³-hybridized carbons (Fsp3) is 0.324. The van der Waals surface area contributed by atoms with E-state index in [2.05, 4.69) is 238 Å². The fourth-order valence-corrected chi connectivity index (χ4v) is 13.9. The maximum Gasteiger partial charge on any atom is 0.175 e. The number of nitrogens with zero attached hydrogens (tertiary/aromatic N) is 2. The Balaban J connectivity index is 1.47. The summed E-state index contributed by atoms with van der Waals surface area (Å²) in [4.78, 5) is 19.6. The van der Waals surface area contributed by atoms with Gasteiger partial charge in [-0.05, 0) is 131 Å². The van der Waals surface area contributed by atoms with Gasteiger partial charge in [0.05, 0.1) is 33.6 Å². The predicted octanol–water partition coefficient (Wildman–Crippen LogP) is 19.1. The molecule has 0 unspecified atom stereocenters. The quantitative estimate of drug-likeness (QED) is 0.163. The number of hydrogen-bond donors (Lipinski definition) is 2. The van der Waals surface area contributed by atoms with E-state index in [1.165, 1.54) is 33.4 Å². The van der Waals surface area contributed by atoms with Crippen LogP contribution in [0.2, 0.25) is 0 Å².